The zero-order chi connectivity index (χ0) is 11.6. The van der Waals surface area contributed by atoms with Crippen LogP contribution >= 0.6 is 11.6 Å². The van der Waals surface area contributed by atoms with Crippen LogP contribution < -0.4 is 5.32 Å². The maximum Gasteiger partial charge on any atom is 0.128 e. The molecule has 0 bridgehead atoms. The summed E-state index contributed by atoms with van der Waals surface area (Å²) in [6.07, 6.45) is 3.22. The van der Waals surface area contributed by atoms with E-state index in [2.05, 4.69) is 12.2 Å². The van der Waals surface area contributed by atoms with Crippen LogP contribution in [0.4, 0.5) is 4.39 Å². The van der Waals surface area contributed by atoms with Crippen molar-refractivity contribution in [1.82, 2.24) is 5.32 Å². The van der Waals surface area contributed by atoms with Crippen LogP contribution in [0.2, 0.25) is 5.02 Å². The summed E-state index contributed by atoms with van der Waals surface area (Å²) >= 11 is 6.14. The molecule has 1 N–H and O–H groups in total. The Kier molecular flexibility index (Phi) is 3.50. The smallest absolute Gasteiger partial charge is 0.128 e. The predicted octanol–water partition coefficient (Wildman–Crippen LogP) is 3.51. The Hall–Kier alpha value is -0.600. The molecule has 1 aliphatic rings. The second-order valence-corrected chi connectivity index (χ2v) is 4.92. The highest BCUT2D eigenvalue weighted by atomic mass is 35.5. The molecule has 2 rings (SSSR count). The minimum absolute atomic E-state index is 0.0710. The molecule has 0 aromatic heterocycles. The summed E-state index contributed by atoms with van der Waals surface area (Å²) in [5.41, 5.74) is 0.641. The predicted molar refractivity (Wildman–Crippen MR) is 65.5 cm³/mol. The maximum atomic E-state index is 13.9. The Morgan fingerprint density at radius 2 is 2.19 bits per heavy atom. The first-order chi connectivity index (χ1) is 7.69. The molecule has 1 aliphatic carbocycles. The average Bonchev–Trinajstić information content (AvgIpc) is 2.20. The molecular weight excluding hydrogens is 225 g/mol. The van der Waals surface area contributed by atoms with Gasteiger partial charge in [0.15, 0.2) is 0 Å². The third-order valence-corrected chi connectivity index (χ3v) is 3.83. The van der Waals surface area contributed by atoms with Crippen LogP contribution in [-0.2, 0) is 5.41 Å². The Balaban J connectivity index is 2.32. The fourth-order valence-corrected chi connectivity index (χ4v) is 2.85. The minimum atomic E-state index is -0.162. The Bertz CT molecular complexity index is 354. The van der Waals surface area contributed by atoms with Crippen LogP contribution in [0.25, 0.3) is 0 Å². The Morgan fingerprint density at radius 3 is 2.69 bits per heavy atom. The molecule has 0 atom stereocenters. The zero-order valence-corrected chi connectivity index (χ0v) is 10.3. The molecule has 0 heterocycles. The van der Waals surface area contributed by atoms with Crippen molar-refractivity contribution in [3.8, 4) is 0 Å². The lowest BCUT2D eigenvalue weighted by Gasteiger charge is -2.43. The molecule has 0 saturated heterocycles. The lowest BCUT2D eigenvalue weighted by Crippen LogP contribution is -2.44. The molecule has 1 saturated carbocycles. The highest BCUT2D eigenvalue weighted by molar-refractivity contribution is 6.31. The van der Waals surface area contributed by atoms with E-state index in [-0.39, 0.29) is 11.2 Å². The first-order valence-corrected chi connectivity index (χ1v) is 6.22. The number of hydrogen-bond donors (Lipinski definition) is 1. The summed E-state index contributed by atoms with van der Waals surface area (Å²) in [6, 6.07) is 4.96. The molecule has 3 heteroatoms. The second-order valence-electron chi connectivity index (χ2n) is 4.51. The Labute approximate surface area is 101 Å². The van der Waals surface area contributed by atoms with Gasteiger partial charge in [-0.1, -0.05) is 31.0 Å². The molecule has 88 valence electrons. The minimum Gasteiger partial charge on any atom is -0.316 e. The van der Waals surface area contributed by atoms with Crippen molar-refractivity contribution in [2.24, 2.45) is 0 Å². The van der Waals surface area contributed by atoms with E-state index in [1.54, 1.807) is 12.1 Å². The molecule has 0 radical (unpaired) electrons. The first kappa shape index (κ1) is 11.9. The number of rotatable bonds is 4. The summed E-state index contributed by atoms with van der Waals surface area (Å²) in [5, 5.41) is 3.89. The van der Waals surface area contributed by atoms with E-state index in [0.717, 1.165) is 32.4 Å². The van der Waals surface area contributed by atoms with Gasteiger partial charge in [-0.25, -0.2) is 4.39 Å². The summed E-state index contributed by atoms with van der Waals surface area (Å²) in [7, 11) is 0. The van der Waals surface area contributed by atoms with E-state index in [1.807, 2.05) is 0 Å². The van der Waals surface area contributed by atoms with Crippen LogP contribution in [0.15, 0.2) is 18.2 Å². The third kappa shape index (κ3) is 1.96. The van der Waals surface area contributed by atoms with Gasteiger partial charge in [0.2, 0.25) is 0 Å². The lowest BCUT2D eigenvalue weighted by molar-refractivity contribution is 0.228. The topological polar surface area (TPSA) is 12.0 Å². The van der Waals surface area contributed by atoms with Gasteiger partial charge in [-0.15, -0.1) is 0 Å². The van der Waals surface area contributed by atoms with Crippen molar-refractivity contribution in [1.29, 1.82) is 0 Å². The monoisotopic (exact) mass is 241 g/mol. The van der Waals surface area contributed by atoms with Gasteiger partial charge in [-0.05, 0) is 31.5 Å². The van der Waals surface area contributed by atoms with Crippen molar-refractivity contribution >= 4 is 11.6 Å². The van der Waals surface area contributed by atoms with Gasteiger partial charge in [0, 0.05) is 22.5 Å². The summed E-state index contributed by atoms with van der Waals surface area (Å²) in [4.78, 5) is 0. The van der Waals surface area contributed by atoms with Crippen molar-refractivity contribution in [3.05, 3.63) is 34.6 Å². The SMILES string of the molecule is CCNCC1(c2c(F)cccc2Cl)CCC1. The number of likely N-dealkylation sites (N-methyl/N-ethyl adjacent to an activating group) is 1. The molecular formula is C13H17ClFN. The van der Waals surface area contributed by atoms with Crippen molar-refractivity contribution in [3.63, 3.8) is 0 Å². The van der Waals surface area contributed by atoms with E-state index < -0.39 is 0 Å². The van der Waals surface area contributed by atoms with Gasteiger partial charge in [0.25, 0.3) is 0 Å². The normalized spacial score (nSPS) is 18.2. The quantitative estimate of drug-likeness (QED) is 0.851. The standard InChI is InChI=1S/C13H17ClFN/c1-2-16-9-13(7-4-8-13)12-10(14)5-3-6-11(12)15/h3,5-6,16H,2,4,7-9H2,1H3. The van der Waals surface area contributed by atoms with E-state index in [1.165, 1.54) is 6.07 Å². The van der Waals surface area contributed by atoms with Crippen molar-refractivity contribution in [2.45, 2.75) is 31.6 Å². The van der Waals surface area contributed by atoms with E-state index >= 15 is 0 Å². The summed E-state index contributed by atoms with van der Waals surface area (Å²) in [6.45, 7) is 3.80. The molecule has 0 spiro atoms. The number of halogens is 2. The molecule has 1 nitrogen and oxygen atoms in total. The van der Waals surface area contributed by atoms with Gasteiger partial charge in [-0.3, -0.25) is 0 Å². The number of nitrogens with one attached hydrogen (secondary N) is 1. The van der Waals surface area contributed by atoms with Gasteiger partial charge in [0.1, 0.15) is 5.82 Å². The molecule has 1 aromatic carbocycles. The molecule has 0 unspecified atom stereocenters. The molecule has 16 heavy (non-hydrogen) atoms. The fraction of sp³-hybridized carbons (Fsp3) is 0.538. The van der Waals surface area contributed by atoms with Crippen molar-refractivity contribution < 1.29 is 4.39 Å². The van der Waals surface area contributed by atoms with Crippen LogP contribution in [-0.4, -0.2) is 13.1 Å². The van der Waals surface area contributed by atoms with Crippen LogP contribution in [0.3, 0.4) is 0 Å². The molecule has 0 aliphatic heterocycles. The number of benzene rings is 1. The van der Waals surface area contributed by atoms with Gasteiger partial charge >= 0.3 is 0 Å². The molecule has 0 amide bonds. The van der Waals surface area contributed by atoms with E-state index in [0.29, 0.717) is 10.6 Å². The molecule has 1 fully saturated rings. The van der Waals surface area contributed by atoms with E-state index in [4.69, 9.17) is 11.6 Å². The first-order valence-electron chi connectivity index (χ1n) is 5.85. The third-order valence-electron chi connectivity index (χ3n) is 3.52. The van der Waals surface area contributed by atoms with Crippen LogP contribution in [0.1, 0.15) is 31.7 Å². The molecule has 1 aromatic rings. The van der Waals surface area contributed by atoms with Gasteiger partial charge in [0.05, 0.1) is 0 Å². The fourth-order valence-electron chi connectivity index (χ4n) is 2.49. The van der Waals surface area contributed by atoms with Crippen molar-refractivity contribution in [2.75, 3.05) is 13.1 Å². The summed E-state index contributed by atoms with van der Waals surface area (Å²) in [5.74, 6) is -0.162. The van der Waals surface area contributed by atoms with Crippen LogP contribution in [0, 0.1) is 5.82 Å². The zero-order valence-electron chi connectivity index (χ0n) is 9.52. The highest BCUT2D eigenvalue weighted by Gasteiger charge is 2.41. The average molecular weight is 242 g/mol. The lowest BCUT2D eigenvalue weighted by atomic mass is 9.64. The van der Waals surface area contributed by atoms with Crippen LogP contribution in [0.5, 0.6) is 0 Å². The largest absolute Gasteiger partial charge is 0.316 e. The summed E-state index contributed by atoms with van der Waals surface area (Å²) < 4.78 is 13.9. The highest BCUT2D eigenvalue weighted by Crippen LogP contribution is 2.46. The van der Waals surface area contributed by atoms with Gasteiger partial charge in [-0.2, -0.15) is 0 Å². The van der Waals surface area contributed by atoms with Gasteiger partial charge < -0.3 is 5.32 Å². The maximum absolute atomic E-state index is 13.9. The number of hydrogen-bond acceptors (Lipinski definition) is 1. The van der Waals surface area contributed by atoms with E-state index in [9.17, 15) is 4.39 Å². The second kappa shape index (κ2) is 4.72. The Morgan fingerprint density at radius 1 is 1.44 bits per heavy atom.